The summed E-state index contributed by atoms with van der Waals surface area (Å²) in [6, 6.07) is 0. The zero-order chi connectivity index (χ0) is 16.9. The molecule has 24 heavy (non-hydrogen) atoms. The maximum absolute atomic E-state index is 12.5. The number of carbonyl (C=O) groups excluding carboxylic acids is 1. The average molecular weight is 350 g/mol. The Balaban J connectivity index is 1.60. The van der Waals surface area contributed by atoms with Gasteiger partial charge >= 0.3 is 0 Å². The van der Waals surface area contributed by atoms with Gasteiger partial charge in [-0.1, -0.05) is 0 Å². The summed E-state index contributed by atoms with van der Waals surface area (Å²) in [6.07, 6.45) is 5.03. The van der Waals surface area contributed by atoms with E-state index in [2.05, 4.69) is 19.4 Å². The molecule has 0 atom stereocenters. The molecule has 0 aliphatic carbocycles. The third-order valence-corrected chi connectivity index (χ3v) is 4.81. The summed E-state index contributed by atoms with van der Waals surface area (Å²) >= 11 is 1.42. The molecule has 0 bridgehead atoms. The van der Waals surface area contributed by atoms with Crippen LogP contribution in [0.1, 0.15) is 22.6 Å². The molecule has 9 heteroatoms. The molecule has 0 saturated carbocycles. The van der Waals surface area contributed by atoms with Crippen LogP contribution in [0.5, 0.6) is 0 Å². The number of aryl methyl sites for hydroxylation is 1. The second kappa shape index (κ2) is 7.71. The number of methoxy groups -OCH3 is 1. The molecule has 3 heterocycles. The molecule has 130 valence electrons. The smallest absolute Gasteiger partial charge is 0.257 e. The van der Waals surface area contributed by atoms with Crippen LogP contribution in [0.25, 0.3) is 0 Å². The Morgan fingerprint density at radius 2 is 2.21 bits per heavy atom. The molecular weight excluding hydrogens is 328 g/mol. The summed E-state index contributed by atoms with van der Waals surface area (Å²) < 4.78 is 11.1. The Morgan fingerprint density at radius 1 is 1.33 bits per heavy atom. The molecule has 0 unspecified atom stereocenters. The number of aromatic nitrogens is 4. The van der Waals surface area contributed by atoms with Crippen molar-refractivity contribution in [2.24, 2.45) is 7.05 Å². The molecule has 0 N–H and O–H groups in total. The van der Waals surface area contributed by atoms with Crippen LogP contribution in [0.15, 0.2) is 12.4 Å². The predicted octanol–water partition coefficient (Wildman–Crippen LogP) is 0.813. The minimum Gasteiger partial charge on any atom is -0.384 e. The third-order valence-electron chi connectivity index (χ3n) is 3.99. The maximum Gasteiger partial charge on any atom is 0.257 e. The van der Waals surface area contributed by atoms with Crippen LogP contribution < -0.4 is 4.90 Å². The number of carbonyl (C=O) groups is 1. The topological polar surface area (TPSA) is 76.4 Å². The highest BCUT2D eigenvalue weighted by Gasteiger charge is 2.22. The van der Waals surface area contributed by atoms with E-state index in [-0.39, 0.29) is 5.91 Å². The third kappa shape index (κ3) is 3.90. The first-order valence-corrected chi connectivity index (χ1v) is 8.79. The van der Waals surface area contributed by atoms with Gasteiger partial charge in [0.2, 0.25) is 5.13 Å². The molecule has 1 fully saturated rings. The van der Waals surface area contributed by atoms with Gasteiger partial charge in [-0.2, -0.15) is 9.47 Å². The Morgan fingerprint density at radius 3 is 2.96 bits per heavy atom. The molecule has 1 aliphatic heterocycles. The highest BCUT2D eigenvalue weighted by atomic mass is 32.1. The minimum atomic E-state index is 0.0444. The van der Waals surface area contributed by atoms with Gasteiger partial charge in [0.15, 0.2) is 0 Å². The quantitative estimate of drug-likeness (QED) is 0.794. The Hall–Kier alpha value is -2.00. The van der Waals surface area contributed by atoms with Gasteiger partial charge < -0.3 is 14.5 Å². The van der Waals surface area contributed by atoms with Gasteiger partial charge in [-0.05, 0) is 6.42 Å². The molecule has 1 saturated heterocycles. The van der Waals surface area contributed by atoms with E-state index >= 15 is 0 Å². The zero-order valence-corrected chi connectivity index (χ0v) is 14.8. The predicted molar refractivity (Wildman–Crippen MR) is 91.4 cm³/mol. The van der Waals surface area contributed by atoms with Gasteiger partial charge in [-0.15, -0.1) is 0 Å². The second-order valence-electron chi connectivity index (χ2n) is 5.77. The van der Waals surface area contributed by atoms with Crippen LogP contribution in [0.2, 0.25) is 0 Å². The molecule has 8 nitrogen and oxygen atoms in total. The number of hydrogen-bond donors (Lipinski definition) is 0. The standard InChI is InChI=1S/C15H22N6O2S/c1-19-11-12(10-16-19)14(22)20-5-3-6-21(8-7-20)15-17-13(18-24-15)4-9-23-2/h10-11H,3-9H2,1-2H3. The largest absolute Gasteiger partial charge is 0.384 e. The van der Waals surface area contributed by atoms with E-state index in [1.165, 1.54) is 11.5 Å². The van der Waals surface area contributed by atoms with Crippen molar-refractivity contribution in [1.29, 1.82) is 0 Å². The highest BCUT2D eigenvalue weighted by molar-refractivity contribution is 7.09. The number of hydrogen-bond acceptors (Lipinski definition) is 7. The number of rotatable bonds is 5. The van der Waals surface area contributed by atoms with Crippen LogP contribution >= 0.6 is 11.5 Å². The average Bonchev–Trinajstić information content (AvgIpc) is 3.15. The first-order chi connectivity index (χ1) is 11.7. The lowest BCUT2D eigenvalue weighted by Gasteiger charge is -2.21. The summed E-state index contributed by atoms with van der Waals surface area (Å²) in [4.78, 5) is 21.2. The van der Waals surface area contributed by atoms with E-state index < -0.39 is 0 Å². The minimum absolute atomic E-state index is 0.0444. The van der Waals surface area contributed by atoms with Crippen molar-refractivity contribution in [3.8, 4) is 0 Å². The molecule has 0 radical (unpaired) electrons. The van der Waals surface area contributed by atoms with Gasteiger partial charge in [0.25, 0.3) is 5.91 Å². The number of amides is 1. The van der Waals surface area contributed by atoms with E-state index in [4.69, 9.17) is 4.74 Å². The molecular formula is C15H22N6O2S. The van der Waals surface area contributed by atoms with Crippen molar-refractivity contribution >= 4 is 22.6 Å². The van der Waals surface area contributed by atoms with Crippen molar-refractivity contribution in [2.45, 2.75) is 12.8 Å². The van der Waals surface area contributed by atoms with Crippen molar-refractivity contribution in [3.63, 3.8) is 0 Å². The van der Waals surface area contributed by atoms with Gasteiger partial charge in [0.1, 0.15) is 5.82 Å². The molecule has 2 aromatic heterocycles. The van der Waals surface area contributed by atoms with Gasteiger partial charge in [-0.25, -0.2) is 4.98 Å². The summed E-state index contributed by atoms with van der Waals surface area (Å²) in [5, 5.41) is 5.01. The molecule has 0 aromatic carbocycles. The lowest BCUT2D eigenvalue weighted by atomic mass is 10.3. The second-order valence-corrected chi connectivity index (χ2v) is 6.50. The zero-order valence-electron chi connectivity index (χ0n) is 14.0. The summed E-state index contributed by atoms with van der Waals surface area (Å²) in [5.74, 6) is 0.868. The summed E-state index contributed by atoms with van der Waals surface area (Å²) in [6.45, 7) is 3.71. The SMILES string of the molecule is COCCc1nsc(N2CCCN(C(=O)c3cnn(C)c3)CC2)n1. The summed E-state index contributed by atoms with van der Waals surface area (Å²) in [7, 11) is 3.49. The van der Waals surface area contributed by atoms with Crippen molar-refractivity contribution in [1.82, 2.24) is 24.0 Å². The first kappa shape index (κ1) is 16.8. The van der Waals surface area contributed by atoms with Crippen molar-refractivity contribution in [3.05, 3.63) is 23.8 Å². The maximum atomic E-state index is 12.5. The first-order valence-electron chi connectivity index (χ1n) is 8.02. The molecule has 2 aromatic rings. The van der Waals surface area contributed by atoms with Gasteiger partial charge in [0, 0.05) is 64.5 Å². The lowest BCUT2D eigenvalue weighted by molar-refractivity contribution is 0.0767. The number of anilines is 1. The van der Waals surface area contributed by atoms with Crippen molar-refractivity contribution in [2.75, 3.05) is 44.8 Å². The normalized spacial score (nSPS) is 15.6. The fourth-order valence-electron chi connectivity index (χ4n) is 2.69. The molecule has 0 spiro atoms. The number of nitrogens with zero attached hydrogens (tertiary/aromatic N) is 6. The Labute approximate surface area is 145 Å². The molecule has 1 aliphatic rings. The van der Waals surface area contributed by atoms with E-state index in [9.17, 15) is 4.79 Å². The van der Waals surface area contributed by atoms with E-state index in [0.717, 1.165) is 43.4 Å². The van der Waals surface area contributed by atoms with Crippen LogP contribution in [-0.4, -0.2) is 69.8 Å². The van der Waals surface area contributed by atoms with Crippen LogP contribution in [0.3, 0.4) is 0 Å². The van der Waals surface area contributed by atoms with E-state index in [1.54, 1.807) is 24.2 Å². The fourth-order valence-corrected chi connectivity index (χ4v) is 3.46. The highest BCUT2D eigenvalue weighted by Crippen LogP contribution is 2.20. The molecule has 1 amide bonds. The van der Waals surface area contributed by atoms with E-state index in [0.29, 0.717) is 18.7 Å². The lowest BCUT2D eigenvalue weighted by Crippen LogP contribution is -2.35. The Kier molecular flexibility index (Phi) is 5.41. The Bertz CT molecular complexity index is 685. The fraction of sp³-hybridized carbons (Fsp3) is 0.600. The monoisotopic (exact) mass is 350 g/mol. The van der Waals surface area contributed by atoms with Crippen molar-refractivity contribution < 1.29 is 9.53 Å². The van der Waals surface area contributed by atoms with Gasteiger partial charge in [-0.3, -0.25) is 9.48 Å². The van der Waals surface area contributed by atoms with Crippen LogP contribution in [0, 0.1) is 0 Å². The van der Waals surface area contributed by atoms with Crippen LogP contribution in [-0.2, 0) is 18.2 Å². The number of ether oxygens (including phenoxy) is 1. The molecule has 3 rings (SSSR count). The summed E-state index contributed by atoms with van der Waals surface area (Å²) in [5.41, 5.74) is 0.642. The van der Waals surface area contributed by atoms with Gasteiger partial charge in [0.05, 0.1) is 18.4 Å². The van der Waals surface area contributed by atoms with Crippen LogP contribution in [0.4, 0.5) is 5.13 Å². The van der Waals surface area contributed by atoms with E-state index in [1.807, 2.05) is 11.9 Å².